The molecule has 280 valence electrons. The van der Waals surface area contributed by atoms with Crippen molar-refractivity contribution in [2.75, 3.05) is 16.4 Å². The molecule has 1 heterocycles. The Hall–Kier alpha value is -4.82. The van der Waals surface area contributed by atoms with Crippen molar-refractivity contribution in [3.63, 3.8) is 0 Å². The molecule has 2 amide bonds. The third-order valence-corrected chi connectivity index (χ3v) is 11.5. The fourth-order valence-corrected chi connectivity index (χ4v) is 8.17. The summed E-state index contributed by atoms with van der Waals surface area (Å²) < 4.78 is 42.5. The van der Waals surface area contributed by atoms with Gasteiger partial charge in [0.25, 0.3) is 0 Å². The molecule has 6 rings (SSSR count). The van der Waals surface area contributed by atoms with Crippen LogP contribution < -0.4 is 15.4 Å². The monoisotopic (exact) mass is 765 g/mol. The quantitative estimate of drug-likeness (QED) is 0.0863. The van der Waals surface area contributed by atoms with Crippen LogP contribution in [0.2, 0.25) is 0 Å². The summed E-state index contributed by atoms with van der Waals surface area (Å²) in [7, 11) is -4.02. The maximum absolute atomic E-state index is 13.9. The number of carbonyl (C=O) groups excluding carboxylic acids is 2. The van der Waals surface area contributed by atoms with Crippen molar-refractivity contribution in [2.24, 2.45) is 0 Å². The Kier molecular flexibility index (Phi) is 13.0. The number of thioether (sulfide) groups is 1. The summed E-state index contributed by atoms with van der Waals surface area (Å²) in [6.45, 7) is 3.29. The van der Waals surface area contributed by atoms with E-state index >= 15 is 0 Å². The predicted molar refractivity (Wildman–Crippen MR) is 210 cm³/mol. The van der Waals surface area contributed by atoms with Crippen LogP contribution in [0.4, 0.5) is 11.4 Å². The van der Waals surface area contributed by atoms with Gasteiger partial charge >= 0.3 is 0 Å². The molecular weight excluding hydrogens is 723 g/mol. The zero-order valence-electron chi connectivity index (χ0n) is 30.0. The molecule has 1 aliphatic rings. The third-order valence-electron chi connectivity index (χ3n) is 8.88. The Balaban J connectivity index is 1.20. The Morgan fingerprint density at radius 2 is 1.52 bits per heavy atom. The Labute approximate surface area is 320 Å². The number of benzene rings is 5. The second-order valence-electron chi connectivity index (χ2n) is 13.2. The van der Waals surface area contributed by atoms with Crippen LogP contribution in [-0.2, 0) is 42.1 Å². The van der Waals surface area contributed by atoms with Crippen LogP contribution in [0.3, 0.4) is 0 Å². The van der Waals surface area contributed by atoms with Crippen molar-refractivity contribution in [1.82, 2.24) is 4.72 Å². The number of sulfonamides is 1. The lowest BCUT2D eigenvalue weighted by Gasteiger charge is -2.36. The van der Waals surface area contributed by atoms with Gasteiger partial charge in [-0.2, -0.15) is 4.72 Å². The predicted octanol–water partition coefficient (Wildman–Crippen LogP) is 7.31. The van der Waals surface area contributed by atoms with Crippen molar-refractivity contribution in [3.05, 3.63) is 155 Å². The number of nitrogens with one attached hydrogen (secondary N) is 3. The number of rotatable bonds is 14. The van der Waals surface area contributed by atoms with E-state index in [-0.39, 0.29) is 36.0 Å². The number of amides is 2. The minimum Gasteiger partial charge on any atom is -0.392 e. The van der Waals surface area contributed by atoms with Gasteiger partial charge in [-0.1, -0.05) is 84.4 Å². The van der Waals surface area contributed by atoms with Gasteiger partial charge in [-0.05, 0) is 78.6 Å². The molecule has 4 N–H and O–H groups in total. The van der Waals surface area contributed by atoms with Crippen molar-refractivity contribution in [1.29, 1.82) is 0 Å². The molecule has 1 unspecified atom stereocenters. The molecule has 1 aliphatic heterocycles. The third kappa shape index (κ3) is 10.7. The number of anilines is 2. The van der Waals surface area contributed by atoms with Gasteiger partial charge in [0, 0.05) is 40.9 Å². The molecule has 5 aromatic rings. The Morgan fingerprint density at radius 3 is 2.20 bits per heavy atom. The number of hydrogen-bond donors (Lipinski definition) is 4. The van der Waals surface area contributed by atoms with Crippen LogP contribution in [-0.4, -0.2) is 43.2 Å². The van der Waals surface area contributed by atoms with Crippen molar-refractivity contribution in [2.45, 2.75) is 67.6 Å². The lowest BCUT2D eigenvalue weighted by Crippen LogP contribution is -2.45. The van der Waals surface area contributed by atoms with Crippen LogP contribution in [0.15, 0.2) is 137 Å². The van der Waals surface area contributed by atoms with E-state index in [0.29, 0.717) is 23.4 Å². The van der Waals surface area contributed by atoms with Crippen LogP contribution in [0.25, 0.3) is 0 Å². The summed E-state index contributed by atoms with van der Waals surface area (Å²) in [6, 6.07) is 37.1. The number of ether oxygens (including phenoxy) is 2. The van der Waals surface area contributed by atoms with E-state index in [1.165, 1.54) is 19.1 Å². The first-order chi connectivity index (χ1) is 26.0. The number of aliphatic hydroxyl groups is 1. The molecule has 0 spiro atoms. The van der Waals surface area contributed by atoms with Gasteiger partial charge in [0.2, 0.25) is 21.8 Å². The number of carbonyl (C=O) groups is 2. The molecule has 0 aliphatic carbocycles. The summed E-state index contributed by atoms with van der Waals surface area (Å²) in [4.78, 5) is 26.4. The maximum Gasteiger partial charge on any atom is 0.242 e. The van der Waals surface area contributed by atoms with Crippen molar-refractivity contribution in [3.8, 4) is 0 Å². The van der Waals surface area contributed by atoms with Gasteiger partial charge in [-0.25, -0.2) is 8.42 Å². The molecule has 1 saturated heterocycles. The van der Waals surface area contributed by atoms with Gasteiger partial charge in [-0.15, -0.1) is 11.8 Å². The average molecular weight is 766 g/mol. The fourth-order valence-electron chi connectivity index (χ4n) is 6.05. The Bertz CT molecular complexity index is 2130. The topological polar surface area (TPSA) is 143 Å². The highest BCUT2D eigenvalue weighted by molar-refractivity contribution is 7.99. The van der Waals surface area contributed by atoms with Gasteiger partial charge in [0.05, 0.1) is 23.7 Å². The van der Waals surface area contributed by atoms with Crippen molar-refractivity contribution < 1.29 is 32.6 Å². The SMILES string of the molecule is CC(=O)Nc1ccc(SC[C@@H]2C[C@H](c3ccc(CO)cc3)OC(c3cccc(NC(=O)[C@@H](Cc4ccccc4)NS(=O)(=O)c4ccc(C)cc4)c3)O2)cc1. The zero-order valence-corrected chi connectivity index (χ0v) is 31.6. The van der Waals surface area contributed by atoms with Crippen LogP contribution in [0.5, 0.6) is 0 Å². The van der Waals surface area contributed by atoms with Gasteiger partial charge in [0.15, 0.2) is 6.29 Å². The van der Waals surface area contributed by atoms with E-state index < -0.39 is 28.3 Å². The summed E-state index contributed by atoms with van der Waals surface area (Å²) in [5.74, 6) is -0.0187. The Morgan fingerprint density at radius 1 is 0.796 bits per heavy atom. The number of aliphatic hydroxyl groups excluding tert-OH is 1. The lowest BCUT2D eigenvalue weighted by molar-refractivity contribution is -0.245. The molecule has 10 nitrogen and oxygen atoms in total. The molecule has 0 radical (unpaired) electrons. The number of hydrogen-bond acceptors (Lipinski definition) is 8. The summed E-state index contributed by atoms with van der Waals surface area (Å²) >= 11 is 1.63. The first-order valence-corrected chi connectivity index (χ1v) is 20.1. The minimum absolute atomic E-state index is 0.0599. The molecule has 0 aromatic heterocycles. The first-order valence-electron chi connectivity index (χ1n) is 17.6. The second kappa shape index (κ2) is 18.0. The average Bonchev–Trinajstić information content (AvgIpc) is 3.17. The zero-order chi connectivity index (χ0) is 38.1. The van der Waals surface area contributed by atoms with E-state index in [1.807, 2.05) is 91.9 Å². The molecule has 4 atom stereocenters. The number of aryl methyl sites for hydroxylation is 1. The molecule has 0 bridgehead atoms. The smallest absolute Gasteiger partial charge is 0.242 e. The fraction of sp³-hybridized carbons (Fsp3) is 0.238. The summed E-state index contributed by atoms with van der Waals surface area (Å²) in [5, 5.41) is 15.3. The van der Waals surface area contributed by atoms with Gasteiger partial charge < -0.3 is 25.2 Å². The summed E-state index contributed by atoms with van der Waals surface area (Å²) in [5.41, 5.74) is 5.33. The normalized spacial score (nSPS) is 17.7. The second-order valence-corrected chi connectivity index (χ2v) is 16.0. The molecule has 0 saturated carbocycles. The van der Waals surface area contributed by atoms with Gasteiger partial charge in [0.1, 0.15) is 6.04 Å². The van der Waals surface area contributed by atoms with E-state index in [4.69, 9.17) is 9.47 Å². The van der Waals surface area contributed by atoms with E-state index in [2.05, 4.69) is 15.4 Å². The van der Waals surface area contributed by atoms with Crippen LogP contribution in [0, 0.1) is 6.92 Å². The lowest BCUT2D eigenvalue weighted by atomic mass is 10.0. The van der Waals surface area contributed by atoms with E-state index in [0.717, 1.165) is 32.8 Å². The van der Waals surface area contributed by atoms with Gasteiger partial charge in [-0.3, -0.25) is 9.59 Å². The first kappa shape index (κ1) is 38.9. The maximum atomic E-state index is 13.9. The van der Waals surface area contributed by atoms with Crippen LogP contribution in [0.1, 0.15) is 53.6 Å². The molecule has 5 aromatic carbocycles. The largest absolute Gasteiger partial charge is 0.392 e. The van der Waals surface area contributed by atoms with E-state index in [1.54, 1.807) is 42.1 Å². The van der Waals surface area contributed by atoms with Crippen molar-refractivity contribution >= 4 is 45.0 Å². The highest BCUT2D eigenvalue weighted by Crippen LogP contribution is 2.40. The molecule has 12 heteroatoms. The highest BCUT2D eigenvalue weighted by Gasteiger charge is 2.33. The molecular formula is C42H43N3O7S2. The molecule has 54 heavy (non-hydrogen) atoms. The highest BCUT2D eigenvalue weighted by atomic mass is 32.2. The molecule has 1 fully saturated rings. The van der Waals surface area contributed by atoms with E-state index in [9.17, 15) is 23.1 Å². The summed E-state index contributed by atoms with van der Waals surface area (Å²) in [6.07, 6.45) is -0.570. The van der Waals surface area contributed by atoms with Crippen LogP contribution >= 0.6 is 11.8 Å². The standard InChI is InChI=1S/C42H43N3O7S2/c1-28-11-21-38(22-12-28)54(49,50)45-39(23-30-7-4-3-5-8-30)41(48)44-35-10-6-9-33(24-35)42-51-36(25-40(52-42)32-15-13-31(26-46)14-16-32)27-53-37-19-17-34(18-20-37)43-29(2)47/h3-22,24,36,39-40,42,45-46H,23,25-27H2,1-2H3,(H,43,47)(H,44,48)/t36-,39+,40+,42?/m0/s1. The minimum atomic E-state index is -4.02.